The normalized spacial score (nSPS) is 16.7. The van der Waals surface area contributed by atoms with Crippen LogP contribution in [0.5, 0.6) is 0 Å². The summed E-state index contributed by atoms with van der Waals surface area (Å²) in [5.41, 5.74) is 11.0. The van der Waals surface area contributed by atoms with Gasteiger partial charge in [0, 0.05) is 32.7 Å². The molecule has 1 fully saturated rings. The topological polar surface area (TPSA) is 123 Å². The number of nitrogens with two attached hydrogens (primary N) is 2. The number of amides is 2. The van der Waals surface area contributed by atoms with E-state index < -0.39 is 0 Å². The number of primary amides is 1. The summed E-state index contributed by atoms with van der Waals surface area (Å²) in [5.74, 6) is -0.487. The summed E-state index contributed by atoms with van der Waals surface area (Å²) in [7, 11) is 0. The number of carbonyl (C=O) groups is 2. The molecule has 1 aliphatic heterocycles. The molecule has 4 N–H and O–H groups in total. The van der Waals surface area contributed by atoms with Crippen molar-refractivity contribution in [3.8, 4) is 0 Å². The minimum Gasteiger partial charge on any atom is -0.369 e. The van der Waals surface area contributed by atoms with Gasteiger partial charge in [-0.25, -0.2) is 0 Å². The van der Waals surface area contributed by atoms with Crippen molar-refractivity contribution < 1.29 is 9.59 Å². The van der Waals surface area contributed by atoms with Crippen molar-refractivity contribution in [3.63, 3.8) is 0 Å². The van der Waals surface area contributed by atoms with Gasteiger partial charge in [-0.1, -0.05) is 5.21 Å². The van der Waals surface area contributed by atoms with E-state index in [1.165, 1.54) is 0 Å². The Morgan fingerprint density at radius 3 is 2.76 bits per heavy atom. The van der Waals surface area contributed by atoms with Gasteiger partial charge in [-0.2, -0.15) is 0 Å². The fourth-order valence-corrected chi connectivity index (χ4v) is 2.35. The Labute approximate surface area is 122 Å². The second-order valence-corrected chi connectivity index (χ2v) is 5.04. The standard InChI is InChI=1S/C12H21N7O2/c13-2-5-19-8-10(15-16-19)12(21)18-4-1-3-17(6-7-18)9-11(14)20/h8H,1-7,9,13H2,(H2,14,20). The quantitative estimate of drug-likeness (QED) is 0.639. The van der Waals surface area contributed by atoms with E-state index in [-0.39, 0.29) is 18.4 Å². The predicted octanol–water partition coefficient (Wildman–Crippen LogP) is -2.13. The van der Waals surface area contributed by atoms with E-state index in [9.17, 15) is 9.59 Å². The first kappa shape index (κ1) is 15.4. The van der Waals surface area contributed by atoms with Gasteiger partial charge in [0.25, 0.3) is 5.91 Å². The molecule has 0 aliphatic carbocycles. The molecule has 0 bridgehead atoms. The lowest BCUT2D eigenvalue weighted by Crippen LogP contribution is -2.38. The third kappa shape index (κ3) is 4.23. The van der Waals surface area contributed by atoms with Gasteiger partial charge in [-0.05, 0) is 6.42 Å². The first-order valence-electron chi connectivity index (χ1n) is 7.00. The van der Waals surface area contributed by atoms with Crippen LogP contribution in [-0.2, 0) is 11.3 Å². The molecule has 9 heteroatoms. The number of hydrogen-bond donors (Lipinski definition) is 2. The molecule has 0 spiro atoms. The molecule has 1 saturated heterocycles. The molecule has 2 amide bonds. The molecular weight excluding hydrogens is 274 g/mol. The fourth-order valence-electron chi connectivity index (χ4n) is 2.35. The second-order valence-electron chi connectivity index (χ2n) is 5.04. The molecule has 0 saturated carbocycles. The van der Waals surface area contributed by atoms with E-state index in [2.05, 4.69) is 10.3 Å². The summed E-state index contributed by atoms with van der Waals surface area (Å²) in [4.78, 5) is 27.0. The smallest absolute Gasteiger partial charge is 0.276 e. The highest BCUT2D eigenvalue weighted by Crippen LogP contribution is 2.07. The minimum absolute atomic E-state index is 0.140. The number of nitrogens with zero attached hydrogens (tertiary/aromatic N) is 5. The Bertz CT molecular complexity index is 502. The summed E-state index contributed by atoms with van der Waals surface area (Å²) in [6.07, 6.45) is 2.41. The van der Waals surface area contributed by atoms with Crippen LogP contribution >= 0.6 is 0 Å². The van der Waals surface area contributed by atoms with Crippen LogP contribution < -0.4 is 11.5 Å². The zero-order chi connectivity index (χ0) is 15.2. The largest absolute Gasteiger partial charge is 0.369 e. The van der Waals surface area contributed by atoms with Gasteiger partial charge in [0.2, 0.25) is 5.91 Å². The lowest BCUT2D eigenvalue weighted by Gasteiger charge is -2.20. The van der Waals surface area contributed by atoms with Crippen LogP contribution in [0.3, 0.4) is 0 Å². The van der Waals surface area contributed by atoms with E-state index in [0.717, 1.165) is 13.0 Å². The number of rotatable bonds is 5. The van der Waals surface area contributed by atoms with Gasteiger partial charge in [0.15, 0.2) is 5.69 Å². The average Bonchev–Trinajstić information content (AvgIpc) is 2.78. The zero-order valence-corrected chi connectivity index (χ0v) is 11.9. The van der Waals surface area contributed by atoms with E-state index in [1.807, 2.05) is 4.90 Å². The Morgan fingerprint density at radius 1 is 1.24 bits per heavy atom. The van der Waals surface area contributed by atoms with Crippen molar-refractivity contribution in [2.75, 3.05) is 39.3 Å². The molecular formula is C12H21N7O2. The molecule has 116 valence electrons. The summed E-state index contributed by atoms with van der Waals surface area (Å²) >= 11 is 0. The Morgan fingerprint density at radius 2 is 2.05 bits per heavy atom. The Hall–Kier alpha value is -2.00. The molecule has 1 aromatic heterocycles. The molecule has 0 unspecified atom stereocenters. The highest BCUT2D eigenvalue weighted by molar-refractivity contribution is 5.91. The summed E-state index contributed by atoms with van der Waals surface area (Å²) in [6, 6.07) is 0. The van der Waals surface area contributed by atoms with Crippen LogP contribution in [0.4, 0.5) is 0 Å². The van der Waals surface area contributed by atoms with Gasteiger partial charge in [-0.3, -0.25) is 19.2 Å². The van der Waals surface area contributed by atoms with E-state index in [4.69, 9.17) is 11.5 Å². The molecule has 1 aliphatic rings. The molecule has 9 nitrogen and oxygen atoms in total. The summed E-state index contributed by atoms with van der Waals surface area (Å²) in [6.45, 7) is 3.79. The highest BCUT2D eigenvalue weighted by atomic mass is 16.2. The van der Waals surface area contributed by atoms with Crippen LogP contribution in [0.2, 0.25) is 0 Å². The van der Waals surface area contributed by atoms with Crippen molar-refractivity contribution in [1.82, 2.24) is 24.8 Å². The van der Waals surface area contributed by atoms with Crippen molar-refractivity contribution in [3.05, 3.63) is 11.9 Å². The molecule has 0 atom stereocenters. The number of aromatic nitrogens is 3. The van der Waals surface area contributed by atoms with Crippen LogP contribution in [0.15, 0.2) is 6.20 Å². The van der Waals surface area contributed by atoms with Gasteiger partial charge < -0.3 is 16.4 Å². The number of hydrogen-bond acceptors (Lipinski definition) is 6. The first-order chi connectivity index (χ1) is 10.1. The van der Waals surface area contributed by atoms with Gasteiger partial charge in [0.1, 0.15) is 0 Å². The lowest BCUT2D eigenvalue weighted by atomic mass is 10.3. The van der Waals surface area contributed by atoms with Crippen LogP contribution in [0.1, 0.15) is 16.9 Å². The van der Waals surface area contributed by atoms with Gasteiger partial charge in [0.05, 0.1) is 19.3 Å². The molecule has 1 aromatic rings. The maximum Gasteiger partial charge on any atom is 0.276 e. The third-order valence-corrected chi connectivity index (χ3v) is 3.37. The minimum atomic E-state index is -0.348. The Kier molecular flexibility index (Phi) is 5.23. The molecule has 0 radical (unpaired) electrons. The molecule has 21 heavy (non-hydrogen) atoms. The zero-order valence-electron chi connectivity index (χ0n) is 11.9. The fraction of sp³-hybridized carbons (Fsp3) is 0.667. The van der Waals surface area contributed by atoms with Crippen molar-refractivity contribution in [2.24, 2.45) is 11.5 Å². The summed E-state index contributed by atoms with van der Waals surface area (Å²) < 4.78 is 1.56. The number of carbonyl (C=O) groups excluding carboxylic acids is 2. The van der Waals surface area contributed by atoms with Crippen LogP contribution in [0, 0.1) is 0 Å². The van der Waals surface area contributed by atoms with Crippen LogP contribution in [-0.4, -0.2) is 75.9 Å². The van der Waals surface area contributed by atoms with Crippen LogP contribution in [0.25, 0.3) is 0 Å². The van der Waals surface area contributed by atoms with Gasteiger partial charge in [-0.15, -0.1) is 5.10 Å². The highest BCUT2D eigenvalue weighted by Gasteiger charge is 2.22. The molecule has 2 heterocycles. The maximum absolute atomic E-state index is 12.4. The molecule has 0 aromatic carbocycles. The maximum atomic E-state index is 12.4. The third-order valence-electron chi connectivity index (χ3n) is 3.37. The predicted molar refractivity (Wildman–Crippen MR) is 75.2 cm³/mol. The summed E-state index contributed by atoms with van der Waals surface area (Å²) in [5, 5.41) is 7.75. The Balaban J connectivity index is 1.94. The molecule has 2 rings (SSSR count). The van der Waals surface area contributed by atoms with Crippen molar-refractivity contribution in [2.45, 2.75) is 13.0 Å². The van der Waals surface area contributed by atoms with E-state index >= 15 is 0 Å². The van der Waals surface area contributed by atoms with Crippen molar-refractivity contribution in [1.29, 1.82) is 0 Å². The SMILES string of the molecule is NCCn1cc(C(=O)N2CCCN(CC(N)=O)CC2)nn1. The van der Waals surface area contributed by atoms with E-state index in [1.54, 1.807) is 15.8 Å². The first-order valence-corrected chi connectivity index (χ1v) is 7.00. The monoisotopic (exact) mass is 295 g/mol. The lowest BCUT2D eigenvalue weighted by molar-refractivity contribution is -0.119. The van der Waals surface area contributed by atoms with Crippen molar-refractivity contribution >= 4 is 11.8 Å². The second kappa shape index (κ2) is 7.14. The van der Waals surface area contributed by atoms with Gasteiger partial charge >= 0.3 is 0 Å². The average molecular weight is 295 g/mol. The van der Waals surface area contributed by atoms with E-state index in [0.29, 0.717) is 38.4 Å².